The predicted octanol–water partition coefficient (Wildman–Crippen LogP) is 6.10. The van der Waals surface area contributed by atoms with Crippen molar-refractivity contribution >= 4 is 17.7 Å². The first-order valence-corrected chi connectivity index (χ1v) is 15.0. The number of carbonyl (C=O) groups excluding carboxylic acids is 2. The Kier molecular flexibility index (Phi) is 9.50. The molecule has 4 rings (SSSR count). The first kappa shape index (κ1) is 31.3. The van der Waals surface area contributed by atoms with Crippen LogP contribution in [0.25, 0.3) is 0 Å². The van der Waals surface area contributed by atoms with Gasteiger partial charge in [-0.1, -0.05) is 58.2 Å². The minimum absolute atomic E-state index is 0.0195. The molecule has 1 saturated heterocycles. The van der Waals surface area contributed by atoms with Gasteiger partial charge in [0, 0.05) is 36.1 Å². The molecule has 2 fully saturated rings. The number of hydrogen-bond donors (Lipinski definition) is 3. The lowest BCUT2D eigenvalue weighted by atomic mass is 9.87. The van der Waals surface area contributed by atoms with E-state index >= 15 is 0 Å². The molecule has 0 bridgehead atoms. The molecule has 1 saturated carbocycles. The Balaban J connectivity index is 1.86. The maximum atomic E-state index is 14.2. The SMILES string of the molecule is CC(C)(C)OC(=O)N1C[C@@H](O)C/C1=C(/O)N(c1ccc(C(C)(C)C)cc1)C(C(=O)NC1CCCCC1)c1cccnc1. The standard InChI is InChI=1S/C33H46N4O5/c1-32(2,3)23-14-16-25(17-15-23)37(30(40)27-19-26(38)21-36(27)31(41)42-33(4,5)6)28(22-11-10-18-34-20-22)29(39)35-24-12-8-7-9-13-24/h10-11,14-18,20,24,26,28,38,40H,7-9,12-13,19,21H2,1-6H3,(H,35,39)/b30-27-/t26-,28?/m0/s1. The van der Waals surface area contributed by atoms with Crippen LogP contribution in [0.15, 0.2) is 60.4 Å². The minimum atomic E-state index is -0.994. The second-order valence-corrected chi connectivity index (χ2v) is 13.4. The summed E-state index contributed by atoms with van der Waals surface area (Å²) in [5.74, 6) is -0.571. The number of benzene rings is 1. The molecular formula is C33H46N4O5. The third kappa shape index (κ3) is 7.62. The van der Waals surface area contributed by atoms with Crippen molar-refractivity contribution in [1.82, 2.24) is 15.2 Å². The number of hydrogen-bond acceptors (Lipinski definition) is 7. The first-order valence-electron chi connectivity index (χ1n) is 15.0. The molecule has 1 aliphatic heterocycles. The van der Waals surface area contributed by atoms with Crippen molar-refractivity contribution in [1.29, 1.82) is 0 Å². The highest BCUT2D eigenvalue weighted by atomic mass is 16.6. The zero-order valence-electron chi connectivity index (χ0n) is 25.8. The van der Waals surface area contributed by atoms with E-state index in [4.69, 9.17) is 4.74 Å². The zero-order valence-corrected chi connectivity index (χ0v) is 25.8. The van der Waals surface area contributed by atoms with Crippen molar-refractivity contribution in [2.75, 3.05) is 11.4 Å². The molecule has 0 spiro atoms. The van der Waals surface area contributed by atoms with Gasteiger partial charge >= 0.3 is 6.09 Å². The van der Waals surface area contributed by atoms with E-state index in [0.717, 1.165) is 37.7 Å². The van der Waals surface area contributed by atoms with Crippen LogP contribution in [0.4, 0.5) is 10.5 Å². The number of likely N-dealkylation sites (tertiary alicyclic amines) is 1. The third-order valence-corrected chi connectivity index (χ3v) is 7.72. The molecule has 2 aromatic rings. The summed E-state index contributed by atoms with van der Waals surface area (Å²) in [4.78, 5) is 34.5. The fourth-order valence-corrected chi connectivity index (χ4v) is 5.57. The summed E-state index contributed by atoms with van der Waals surface area (Å²) >= 11 is 0. The monoisotopic (exact) mass is 578 g/mol. The number of aromatic nitrogens is 1. The predicted molar refractivity (Wildman–Crippen MR) is 163 cm³/mol. The van der Waals surface area contributed by atoms with Gasteiger partial charge in [-0.05, 0) is 62.8 Å². The Morgan fingerprint density at radius 1 is 1.05 bits per heavy atom. The minimum Gasteiger partial charge on any atom is -0.493 e. The Morgan fingerprint density at radius 3 is 2.29 bits per heavy atom. The van der Waals surface area contributed by atoms with Crippen LogP contribution in [0.5, 0.6) is 0 Å². The van der Waals surface area contributed by atoms with Gasteiger partial charge in [-0.15, -0.1) is 0 Å². The molecule has 1 aromatic carbocycles. The molecule has 2 atom stereocenters. The van der Waals surface area contributed by atoms with Crippen LogP contribution in [0.1, 0.15) is 97.2 Å². The topological polar surface area (TPSA) is 115 Å². The maximum Gasteiger partial charge on any atom is 0.414 e. The van der Waals surface area contributed by atoms with Crippen LogP contribution in [-0.4, -0.2) is 56.4 Å². The number of aliphatic hydroxyl groups is 2. The molecular weight excluding hydrogens is 532 g/mol. The van der Waals surface area contributed by atoms with Gasteiger partial charge < -0.3 is 20.3 Å². The summed E-state index contributed by atoms with van der Waals surface area (Å²) in [7, 11) is 0. The Morgan fingerprint density at radius 2 is 1.71 bits per heavy atom. The summed E-state index contributed by atoms with van der Waals surface area (Å²) in [6.07, 6.45) is 6.77. The van der Waals surface area contributed by atoms with E-state index in [2.05, 4.69) is 31.1 Å². The Labute approximate surface area is 249 Å². The number of ether oxygens (including phenoxy) is 1. The van der Waals surface area contributed by atoms with Gasteiger partial charge in [-0.3, -0.25) is 19.6 Å². The van der Waals surface area contributed by atoms with Gasteiger partial charge in [0.2, 0.25) is 11.8 Å². The van der Waals surface area contributed by atoms with Crippen molar-refractivity contribution < 1.29 is 24.5 Å². The molecule has 228 valence electrons. The molecule has 0 radical (unpaired) electrons. The summed E-state index contributed by atoms with van der Waals surface area (Å²) in [5, 5.41) is 25.9. The lowest BCUT2D eigenvalue weighted by Crippen LogP contribution is -2.46. The van der Waals surface area contributed by atoms with Gasteiger partial charge in [-0.25, -0.2) is 4.79 Å². The van der Waals surface area contributed by atoms with Crippen LogP contribution in [0.3, 0.4) is 0 Å². The molecule has 2 amide bonds. The molecule has 9 nitrogen and oxygen atoms in total. The van der Waals surface area contributed by atoms with E-state index in [1.165, 1.54) is 4.90 Å². The average molecular weight is 579 g/mol. The summed E-state index contributed by atoms with van der Waals surface area (Å²) < 4.78 is 5.60. The normalized spacial score (nSPS) is 20.2. The van der Waals surface area contributed by atoms with E-state index in [0.29, 0.717) is 11.3 Å². The third-order valence-electron chi connectivity index (χ3n) is 7.72. The lowest BCUT2D eigenvalue weighted by Gasteiger charge is -2.35. The van der Waals surface area contributed by atoms with E-state index < -0.39 is 23.8 Å². The van der Waals surface area contributed by atoms with Gasteiger partial charge in [-0.2, -0.15) is 0 Å². The highest BCUT2D eigenvalue weighted by Crippen LogP contribution is 2.37. The van der Waals surface area contributed by atoms with Crippen molar-refractivity contribution in [3.63, 3.8) is 0 Å². The number of nitrogens with zero attached hydrogens (tertiary/aromatic N) is 3. The fourth-order valence-electron chi connectivity index (χ4n) is 5.57. The van der Waals surface area contributed by atoms with Crippen LogP contribution in [-0.2, 0) is 14.9 Å². The van der Waals surface area contributed by atoms with Crippen LogP contribution in [0, 0.1) is 0 Å². The number of nitrogens with one attached hydrogen (secondary N) is 1. The van der Waals surface area contributed by atoms with Crippen LogP contribution >= 0.6 is 0 Å². The maximum absolute atomic E-state index is 14.2. The van der Waals surface area contributed by atoms with E-state index in [1.807, 2.05) is 30.3 Å². The zero-order chi connectivity index (χ0) is 30.7. The fraction of sp³-hybridized carbons (Fsp3) is 0.545. The molecule has 2 aliphatic rings. The van der Waals surface area contributed by atoms with E-state index in [9.17, 15) is 19.8 Å². The van der Waals surface area contributed by atoms with Crippen LogP contribution < -0.4 is 10.2 Å². The number of aliphatic hydroxyl groups excluding tert-OH is 2. The largest absolute Gasteiger partial charge is 0.493 e. The molecule has 42 heavy (non-hydrogen) atoms. The number of pyridine rings is 1. The first-order chi connectivity index (χ1) is 19.7. The average Bonchev–Trinajstić information content (AvgIpc) is 3.33. The van der Waals surface area contributed by atoms with Gasteiger partial charge in [0.1, 0.15) is 11.6 Å². The highest BCUT2D eigenvalue weighted by Gasteiger charge is 2.40. The van der Waals surface area contributed by atoms with Crippen molar-refractivity contribution in [3.05, 3.63) is 71.5 Å². The number of β-amino-alcohol motifs (C(OH)–C–C–N with tert-alkyl or cyclic N) is 1. The number of anilines is 1. The van der Waals surface area contributed by atoms with Crippen molar-refractivity contribution in [2.45, 2.75) is 109 Å². The Bertz CT molecular complexity index is 1260. The number of carbonyl (C=O) groups is 2. The molecule has 1 unspecified atom stereocenters. The second kappa shape index (κ2) is 12.7. The van der Waals surface area contributed by atoms with Gasteiger partial charge in [0.15, 0.2) is 0 Å². The smallest absolute Gasteiger partial charge is 0.414 e. The van der Waals surface area contributed by atoms with Crippen LogP contribution in [0.2, 0.25) is 0 Å². The van der Waals surface area contributed by atoms with Crippen molar-refractivity contribution in [2.24, 2.45) is 0 Å². The summed E-state index contributed by atoms with van der Waals surface area (Å²) in [5.41, 5.74) is 1.55. The summed E-state index contributed by atoms with van der Waals surface area (Å²) in [6.45, 7) is 11.6. The van der Waals surface area contributed by atoms with E-state index in [-0.39, 0.29) is 41.9 Å². The second-order valence-electron chi connectivity index (χ2n) is 13.4. The molecule has 2 heterocycles. The molecule has 3 N–H and O–H groups in total. The van der Waals surface area contributed by atoms with Gasteiger partial charge in [0.25, 0.3) is 0 Å². The molecule has 9 heteroatoms. The summed E-state index contributed by atoms with van der Waals surface area (Å²) in [6, 6.07) is 10.3. The lowest BCUT2D eigenvalue weighted by molar-refractivity contribution is -0.123. The molecule has 1 aliphatic carbocycles. The quantitative estimate of drug-likeness (QED) is 0.355. The highest BCUT2D eigenvalue weighted by molar-refractivity contribution is 5.88. The van der Waals surface area contributed by atoms with Gasteiger partial charge in [0.05, 0.1) is 18.3 Å². The number of amides is 2. The van der Waals surface area contributed by atoms with Crippen molar-refractivity contribution in [3.8, 4) is 0 Å². The Hall–Kier alpha value is -3.59. The van der Waals surface area contributed by atoms with E-state index in [1.54, 1.807) is 44.1 Å². The number of rotatable bonds is 6. The molecule has 1 aromatic heterocycles.